The molecule has 6 heteroatoms. The zero-order chi connectivity index (χ0) is 16.7. The average molecular weight is 348 g/mol. The number of aryl methyl sites for hydroxylation is 2. The number of hydrogen-bond acceptors (Lipinski definition) is 3. The number of amides is 2. The standard InChI is InChI=1S/C18H21N3O2.ClH/c1-13(22)20-17-4-2-3-15(11-17)8-5-14-6-9-16(10-7-14)12-18(23)21-19;/h2-4,6-7,9-11H,5,8,12,19H2,1H3,(H,20,22)(H,21,23);1H. The van der Waals surface area contributed by atoms with Crippen molar-refractivity contribution in [1.82, 2.24) is 5.43 Å². The minimum Gasteiger partial charge on any atom is -0.326 e. The maximum atomic E-state index is 11.2. The minimum absolute atomic E-state index is 0. The van der Waals surface area contributed by atoms with Gasteiger partial charge in [0.15, 0.2) is 0 Å². The van der Waals surface area contributed by atoms with Crippen molar-refractivity contribution in [3.05, 3.63) is 65.2 Å². The molecule has 128 valence electrons. The van der Waals surface area contributed by atoms with E-state index in [2.05, 4.69) is 10.7 Å². The van der Waals surface area contributed by atoms with Crippen LogP contribution in [0, 0.1) is 0 Å². The maximum Gasteiger partial charge on any atom is 0.238 e. The van der Waals surface area contributed by atoms with E-state index in [9.17, 15) is 9.59 Å². The summed E-state index contributed by atoms with van der Waals surface area (Å²) in [5.74, 6) is 4.81. The normalized spacial score (nSPS) is 9.75. The van der Waals surface area contributed by atoms with Gasteiger partial charge >= 0.3 is 0 Å². The summed E-state index contributed by atoms with van der Waals surface area (Å²) in [6, 6.07) is 15.8. The van der Waals surface area contributed by atoms with Gasteiger partial charge in [0, 0.05) is 12.6 Å². The summed E-state index contributed by atoms with van der Waals surface area (Å²) in [5, 5.41) is 2.79. The number of carbonyl (C=O) groups excluding carboxylic acids is 2. The van der Waals surface area contributed by atoms with Crippen LogP contribution in [0.5, 0.6) is 0 Å². The fraction of sp³-hybridized carbons (Fsp3) is 0.222. The quantitative estimate of drug-likeness (QED) is 0.426. The molecular formula is C18H22ClN3O2. The highest BCUT2D eigenvalue weighted by molar-refractivity contribution is 5.88. The van der Waals surface area contributed by atoms with Crippen molar-refractivity contribution in [1.29, 1.82) is 0 Å². The van der Waals surface area contributed by atoms with Crippen LogP contribution in [0.4, 0.5) is 5.69 Å². The minimum atomic E-state index is -0.201. The highest BCUT2D eigenvalue weighted by Crippen LogP contribution is 2.14. The molecular weight excluding hydrogens is 326 g/mol. The van der Waals surface area contributed by atoms with Gasteiger partial charge in [-0.1, -0.05) is 36.4 Å². The fourth-order valence-electron chi connectivity index (χ4n) is 2.36. The third-order valence-corrected chi connectivity index (χ3v) is 3.50. The Kier molecular flexibility index (Phi) is 7.95. The molecule has 0 aliphatic rings. The molecule has 2 rings (SSSR count). The SMILES string of the molecule is CC(=O)Nc1cccc(CCc2ccc(CC(=O)NN)cc2)c1.Cl. The molecule has 0 bridgehead atoms. The summed E-state index contributed by atoms with van der Waals surface area (Å²) >= 11 is 0. The third kappa shape index (κ3) is 6.40. The Morgan fingerprint density at radius 2 is 1.58 bits per heavy atom. The van der Waals surface area contributed by atoms with Crippen molar-refractivity contribution in [2.75, 3.05) is 5.32 Å². The van der Waals surface area contributed by atoms with Gasteiger partial charge in [0.1, 0.15) is 0 Å². The highest BCUT2D eigenvalue weighted by atomic mass is 35.5. The predicted octanol–water partition coefficient (Wildman–Crippen LogP) is 2.38. The van der Waals surface area contributed by atoms with E-state index >= 15 is 0 Å². The molecule has 0 heterocycles. The van der Waals surface area contributed by atoms with E-state index in [4.69, 9.17) is 5.84 Å². The smallest absolute Gasteiger partial charge is 0.238 e. The van der Waals surface area contributed by atoms with E-state index in [0.29, 0.717) is 0 Å². The molecule has 24 heavy (non-hydrogen) atoms. The second kappa shape index (κ2) is 9.70. The van der Waals surface area contributed by atoms with Crippen LogP contribution in [-0.2, 0) is 28.9 Å². The lowest BCUT2D eigenvalue weighted by atomic mass is 10.0. The Balaban J connectivity index is 0.00000288. The van der Waals surface area contributed by atoms with Crippen molar-refractivity contribution >= 4 is 29.9 Å². The highest BCUT2D eigenvalue weighted by Gasteiger charge is 2.02. The molecule has 2 aromatic carbocycles. The van der Waals surface area contributed by atoms with Crippen LogP contribution >= 0.6 is 12.4 Å². The van der Waals surface area contributed by atoms with Crippen LogP contribution in [0.2, 0.25) is 0 Å². The zero-order valence-electron chi connectivity index (χ0n) is 13.5. The fourth-order valence-corrected chi connectivity index (χ4v) is 2.36. The lowest BCUT2D eigenvalue weighted by molar-refractivity contribution is -0.120. The molecule has 0 fully saturated rings. The molecule has 0 aromatic heterocycles. The molecule has 2 amide bonds. The van der Waals surface area contributed by atoms with E-state index in [1.807, 2.05) is 48.5 Å². The average Bonchev–Trinajstić information content (AvgIpc) is 2.54. The van der Waals surface area contributed by atoms with Gasteiger partial charge in [-0.25, -0.2) is 5.84 Å². The Morgan fingerprint density at radius 1 is 0.958 bits per heavy atom. The van der Waals surface area contributed by atoms with Crippen LogP contribution in [0.15, 0.2) is 48.5 Å². The van der Waals surface area contributed by atoms with E-state index in [1.165, 1.54) is 18.1 Å². The molecule has 0 saturated carbocycles. The first kappa shape index (κ1) is 19.7. The van der Waals surface area contributed by atoms with Crippen molar-refractivity contribution in [2.24, 2.45) is 5.84 Å². The molecule has 2 aromatic rings. The summed E-state index contributed by atoms with van der Waals surface area (Å²) in [6.45, 7) is 1.50. The van der Waals surface area contributed by atoms with Gasteiger partial charge in [0.05, 0.1) is 6.42 Å². The van der Waals surface area contributed by atoms with Crippen molar-refractivity contribution < 1.29 is 9.59 Å². The number of benzene rings is 2. The Morgan fingerprint density at radius 3 is 2.21 bits per heavy atom. The van der Waals surface area contributed by atoms with Crippen LogP contribution in [-0.4, -0.2) is 11.8 Å². The number of hydrazine groups is 1. The monoisotopic (exact) mass is 347 g/mol. The van der Waals surface area contributed by atoms with Gasteiger partial charge in [0.25, 0.3) is 0 Å². The Bertz CT molecular complexity index is 687. The number of rotatable bonds is 6. The molecule has 4 N–H and O–H groups in total. The summed E-state index contributed by atoms with van der Waals surface area (Å²) < 4.78 is 0. The Labute approximate surface area is 148 Å². The van der Waals surface area contributed by atoms with Crippen molar-refractivity contribution in [2.45, 2.75) is 26.2 Å². The zero-order valence-corrected chi connectivity index (χ0v) is 14.4. The third-order valence-electron chi connectivity index (χ3n) is 3.50. The Hall–Kier alpha value is -2.37. The molecule has 0 unspecified atom stereocenters. The van der Waals surface area contributed by atoms with Crippen LogP contribution < -0.4 is 16.6 Å². The van der Waals surface area contributed by atoms with Gasteiger partial charge in [0.2, 0.25) is 11.8 Å². The molecule has 0 radical (unpaired) electrons. The largest absolute Gasteiger partial charge is 0.326 e. The summed E-state index contributed by atoms with van der Waals surface area (Å²) in [6.07, 6.45) is 2.07. The first-order chi connectivity index (χ1) is 11.1. The van der Waals surface area contributed by atoms with E-state index in [-0.39, 0.29) is 30.6 Å². The number of halogens is 1. The first-order valence-electron chi connectivity index (χ1n) is 7.50. The second-order valence-electron chi connectivity index (χ2n) is 5.44. The van der Waals surface area contributed by atoms with Crippen LogP contribution in [0.3, 0.4) is 0 Å². The van der Waals surface area contributed by atoms with E-state index < -0.39 is 0 Å². The van der Waals surface area contributed by atoms with E-state index in [1.54, 1.807) is 0 Å². The molecule has 0 spiro atoms. The summed E-state index contributed by atoms with van der Waals surface area (Å²) in [5.41, 5.74) is 6.25. The molecule has 0 aliphatic heterocycles. The number of carbonyl (C=O) groups is 2. The van der Waals surface area contributed by atoms with Crippen LogP contribution in [0.1, 0.15) is 23.6 Å². The number of nitrogens with two attached hydrogens (primary N) is 1. The maximum absolute atomic E-state index is 11.2. The van der Waals surface area contributed by atoms with Gasteiger partial charge in [-0.05, 0) is 41.7 Å². The number of nitrogens with one attached hydrogen (secondary N) is 2. The van der Waals surface area contributed by atoms with Crippen molar-refractivity contribution in [3.8, 4) is 0 Å². The van der Waals surface area contributed by atoms with Gasteiger partial charge in [-0.3, -0.25) is 15.0 Å². The lowest BCUT2D eigenvalue weighted by Crippen LogP contribution is -2.31. The van der Waals surface area contributed by atoms with E-state index in [0.717, 1.165) is 24.1 Å². The number of anilines is 1. The predicted molar refractivity (Wildman–Crippen MR) is 97.9 cm³/mol. The van der Waals surface area contributed by atoms with Crippen molar-refractivity contribution in [3.63, 3.8) is 0 Å². The number of hydrogen-bond donors (Lipinski definition) is 3. The topological polar surface area (TPSA) is 84.2 Å². The van der Waals surface area contributed by atoms with Gasteiger partial charge < -0.3 is 5.32 Å². The molecule has 0 atom stereocenters. The molecule has 0 aliphatic carbocycles. The lowest BCUT2D eigenvalue weighted by Gasteiger charge is -2.07. The summed E-state index contributed by atoms with van der Waals surface area (Å²) in [4.78, 5) is 22.3. The molecule has 0 saturated heterocycles. The summed E-state index contributed by atoms with van der Waals surface area (Å²) in [7, 11) is 0. The van der Waals surface area contributed by atoms with Gasteiger partial charge in [-0.2, -0.15) is 0 Å². The molecule has 5 nitrogen and oxygen atoms in total. The first-order valence-corrected chi connectivity index (χ1v) is 7.50. The van der Waals surface area contributed by atoms with Gasteiger partial charge in [-0.15, -0.1) is 12.4 Å². The second-order valence-corrected chi connectivity index (χ2v) is 5.44. The van der Waals surface area contributed by atoms with Crippen LogP contribution in [0.25, 0.3) is 0 Å².